The van der Waals surface area contributed by atoms with Crippen LogP contribution in [0.25, 0.3) is 0 Å². The van der Waals surface area contributed by atoms with Crippen molar-refractivity contribution in [2.75, 3.05) is 24.2 Å². The quantitative estimate of drug-likeness (QED) is 0.628. The number of aromatic nitrogens is 2. The number of hydrogen-bond acceptors (Lipinski definition) is 6. The van der Waals surface area contributed by atoms with Crippen molar-refractivity contribution < 1.29 is 4.74 Å². The number of para-hydroxylation sites is 2. The Morgan fingerprint density at radius 1 is 1.37 bits per heavy atom. The van der Waals surface area contributed by atoms with E-state index in [4.69, 9.17) is 10.5 Å². The molecule has 0 aliphatic carbocycles. The third-order valence-corrected chi connectivity index (χ3v) is 3.20. The molecule has 102 valence electrons. The summed E-state index contributed by atoms with van der Waals surface area (Å²) in [7, 11) is 0. The first-order valence-corrected chi connectivity index (χ1v) is 6.99. The van der Waals surface area contributed by atoms with Crippen LogP contribution in [-0.4, -0.2) is 22.5 Å². The summed E-state index contributed by atoms with van der Waals surface area (Å²) in [5.41, 5.74) is 6.44. The Hall–Kier alpha value is -1.82. The van der Waals surface area contributed by atoms with Crippen LogP contribution >= 0.6 is 11.5 Å². The molecule has 0 amide bonds. The van der Waals surface area contributed by atoms with Crippen LogP contribution in [0.5, 0.6) is 5.75 Å². The van der Waals surface area contributed by atoms with E-state index in [1.165, 1.54) is 11.5 Å². The molecular weight excluding hydrogens is 260 g/mol. The molecule has 0 radical (unpaired) electrons. The zero-order valence-corrected chi connectivity index (χ0v) is 11.9. The van der Waals surface area contributed by atoms with Gasteiger partial charge in [0.05, 0.1) is 12.2 Å². The molecule has 0 fully saturated rings. The Bertz CT molecular complexity index is 527. The van der Waals surface area contributed by atoms with Gasteiger partial charge in [0.2, 0.25) is 5.13 Å². The fourth-order valence-electron chi connectivity index (χ4n) is 1.47. The van der Waals surface area contributed by atoms with Gasteiger partial charge in [0, 0.05) is 17.5 Å². The Morgan fingerprint density at radius 2 is 2.16 bits per heavy atom. The number of anilines is 2. The minimum absolute atomic E-state index is 0.354. The van der Waals surface area contributed by atoms with Gasteiger partial charge in [-0.25, -0.2) is 4.98 Å². The number of hydrogen-bond donors (Lipinski definition) is 2. The molecule has 5 nitrogen and oxygen atoms in total. The molecule has 0 atom stereocenters. The number of nitrogens with two attached hydrogens (primary N) is 1. The van der Waals surface area contributed by atoms with Crippen molar-refractivity contribution in [2.24, 2.45) is 0 Å². The van der Waals surface area contributed by atoms with Gasteiger partial charge < -0.3 is 15.8 Å². The Labute approximate surface area is 117 Å². The van der Waals surface area contributed by atoms with Gasteiger partial charge in [0.15, 0.2) is 0 Å². The van der Waals surface area contributed by atoms with E-state index in [1.807, 2.05) is 24.3 Å². The topological polar surface area (TPSA) is 73.1 Å². The monoisotopic (exact) mass is 278 g/mol. The van der Waals surface area contributed by atoms with Gasteiger partial charge in [0.25, 0.3) is 0 Å². The average molecular weight is 278 g/mol. The van der Waals surface area contributed by atoms with Crippen LogP contribution in [0.3, 0.4) is 0 Å². The summed E-state index contributed by atoms with van der Waals surface area (Å²) in [6, 6.07) is 7.47. The summed E-state index contributed by atoms with van der Waals surface area (Å²) in [5, 5.41) is 4.02. The number of rotatable bonds is 6. The van der Waals surface area contributed by atoms with Crippen LogP contribution in [0.4, 0.5) is 10.8 Å². The van der Waals surface area contributed by atoms with Crippen LogP contribution < -0.4 is 15.8 Å². The number of nitrogen functional groups attached to an aromatic ring is 1. The van der Waals surface area contributed by atoms with E-state index in [2.05, 4.69) is 28.5 Å². The van der Waals surface area contributed by atoms with Crippen LogP contribution in [0.15, 0.2) is 24.3 Å². The summed E-state index contributed by atoms with van der Waals surface area (Å²) in [6.45, 7) is 5.35. The average Bonchev–Trinajstić information content (AvgIpc) is 2.85. The Balaban J connectivity index is 1.76. The van der Waals surface area contributed by atoms with E-state index in [-0.39, 0.29) is 0 Å². The molecule has 2 aromatic rings. The van der Waals surface area contributed by atoms with Crippen LogP contribution in [0.2, 0.25) is 0 Å². The van der Waals surface area contributed by atoms with Gasteiger partial charge in [-0.2, -0.15) is 4.37 Å². The lowest BCUT2D eigenvalue weighted by atomic mass is 10.2. The molecule has 0 saturated heterocycles. The van der Waals surface area contributed by atoms with Crippen LogP contribution in [-0.2, 0) is 0 Å². The summed E-state index contributed by atoms with van der Waals surface area (Å²) in [5.74, 6) is 1.94. The highest BCUT2D eigenvalue weighted by Crippen LogP contribution is 2.20. The van der Waals surface area contributed by atoms with Crippen molar-refractivity contribution in [1.82, 2.24) is 9.36 Å². The predicted molar refractivity (Wildman–Crippen MR) is 78.8 cm³/mol. The van der Waals surface area contributed by atoms with Crippen LogP contribution in [0, 0.1) is 0 Å². The van der Waals surface area contributed by atoms with Gasteiger partial charge in [-0.3, -0.25) is 0 Å². The largest absolute Gasteiger partial charge is 0.490 e. The molecule has 0 spiro atoms. The zero-order valence-electron chi connectivity index (χ0n) is 11.1. The molecular formula is C13H18N4OS. The van der Waals surface area contributed by atoms with Gasteiger partial charge in [0.1, 0.15) is 18.2 Å². The first-order chi connectivity index (χ1) is 9.16. The Morgan fingerprint density at radius 3 is 2.84 bits per heavy atom. The van der Waals surface area contributed by atoms with Crippen molar-refractivity contribution in [1.29, 1.82) is 0 Å². The molecule has 0 aliphatic heterocycles. The maximum absolute atomic E-state index is 5.78. The molecule has 1 aromatic carbocycles. The smallest absolute Gasteiger partial charge is 0.202 e. The molecule has 2 rings (SSSR count). The highest BCUT2D eigenvalue weighted by molar-refractivity contribution is 7.09. The molecule has 6 heteroatoms. The summed E-state index contributed by atoms with van der Waals surface area (Å²) in [6.07, 6.45) is 0. The lowest BCUT2D eigenvalue weighted by molar-refractivity contribution is 0.334. The minimum atomic E-state index is 0.354. The van der Waals surface area contributed by atoms with Gasteiger partial charge >= 0.3 is 0 Å². The third-order valence-electron chi connectivity index (χ3n) is 2.51. The van der Waals surface area contributed by atoms with Crippen molar-refractivity contribution in [3.8, 4) is 5.75 Å². The van der Waals surface area contributed by atoms with Crippen molar-refractivity contribution in [2.45, 2.75) is 19.8 Å². The Kier molecular flexibility index (Phi) is 4.57. The van der Waals surface area contributed by atoms with Crippen LogP contribution in [0.1, 0.15) is 25.6 Å². The summed E-state index contributed by atoms with van der Waals surface area (Å²) in [4.78, 5) is 4.39. The first kappa shape index (κ1) is 13.6. The van der Waals surface area contributed by atoms with Gasteiger partial charge in [-0.05, 0) is 12.1 Å². The first-order valence-electron chi connectivity index (χ1n) is 6.21. The number of ether oxygens (including phenoxy) is 1. The molecule has 1 heterocycles. The van der Waals surface area contributed by atoms with Crippen molar-refractivity contribution in [3.63, 3.8) is 0 Å². The van der Waals surface area contributed by atoms with Crippen molar-refractivity contribution >= 4 is 22.4 Å². The minimum Gasteiger partial charge on any atom is -0.490 e. The second-order valence-electron chi connectivity index (χ2n) is 4.43. The SMILES string of the molecule is CC(C)c1nsc(NCCOc2ccccc2N)n1. The molecule has 19 heavy (non-hydrogen) atoms. The molecule has 0 saturated carbocycles. The van der Waals surface area contributed by atoms with Gasteiger partial charge in [-0.1, -0.05) is 26.0 Å². The molecule has 1 aromatic heterocycles. The molecule has 3 N–H and O–H groups in total. The second kappa shape index (κ2) is 6.38. The van der Waals surface area contributed by atoms with E-state index < -0.39 is 0 Å². The van der Waals surface area contributed by atoms with Crippen molar-refractivity contribution in [3.05, 3.63) is 30.1 Å². The lowest BCUT2D eigenvalue weighted by Crippen LogP contribution is -2.12. The number of nitrogens with one attached hydrogen (secondary N) is 1. The van der Waals surface area contributed by atoms with E-state index in [1.54, 1.807) is 0 Å². The van der Waals surface area contributed by atoms with E-state index >= 15 is 0 Å². The fourth-order valence-corrected chi connectivity index (χ4v) is 2.20. The maximum atomic E-state index is 5.78. The fraction of sp³-hybridized carbons (Fsp3) is 0.385. The molecule has 0 unspecified atom stereocenters. The number of nitrogens with zero attached hydrogens (tertiary/aromatic N) is 2. The number of benzene rings is 1. The lowest BCUT2D eigenvalue weighted by Gasteiger charge is -2.08. The van der Waals surface area contributed by atoms with E-state index in [9.17, 15) is 0 Å². The summed E-state index contributed by atoms with van der Waals surface area (Å²) >= 11 is 1.37. The zero-order chi connectivity index (χ0) is 13.7. The maximum Gasteiger partial charge on any atom is 0.202 e. The third kappa shape index (κ3) is 3.82. The normalized spacial score (nSPS) is 10.7. The van der Waals surface area contributed by atoms with E-state index in [0.29, 0.717) is 30.5 Å². The van der Waals surface area contributed by atoms with E-state index in [0.717, 1.165) is 11.0 Å². The summed E-state index contributed by atoms with van der Waals surface area (Å²) < 4.78 is 9.86. The highest BCUT2D eigenvalue weighted by Gasteiger charge is 2.06. The molecule has 0 bridgehead atoms. The van der Waals surface area contributed by atoms with Gasteiger partial charge in [-0.15, -0.1) is 0 Å². The standard InChI is InChI=1S/C13H18N4OS/c1-9(2)12-16-13(19-17-12)15-7-8-18-11-6-4-3-5-10(11)14/h3-6,9H,7-8,14H2,1-2H3,(H,15,16,17). The highest BCUT2D eigenvalue weighted by atomic mass is 32.1. The predicted octanol–water partition coefficient (Wildman–Crippen LogP) is 2.73. The second-order valence-corrected chi connectivity index (χ2v) is 5.18. The molecule has 0 aliphatic rings.